The summed E-state index contributed by atoms with van der Waals surface area (Å²) < 4.78 is 5.88. The van der Waals surface area contributed by atoms with Crippen molar-refractivity contribution in [2.45, 2.75) is 38.2 Å². The number of ether oxygens (including phenoxy) is 1. The van der Waals surface area contributed by atoms with E-state index in [2.05, 4.69) is 0 Å². The first-order chi connectivity index (χ1) is 8.03. The lowest BCUT2D eigenvalue weighted by Crippen LogP contribution is -2.46. The number of amides is 1. The Bertz CT molecular complexity index is 439. The lowest BCUT2D eigenvalue weighted by atomic mass is 10.0. The van der Waals surface area contributed by atoms with E-state index in [-0.39, 0.29) is 5.91 Å². The Hall–Kier alpha value is -1.22. The summed E-state index contributed by atoms with van der Waals surface area (Å²) in [5, 5.41) is 0.661. The third-order valence-electron chi connectivity index (χ3n) is 3.30. The Labute approximate surface area is 106 Å². The monoisotopic (exact) mass is 253 g/mol. The summed E-state index contributed by atoms with van der Waals surface area (Å²) in [6, 6.07) is 5.37. The van der Waals surface area contributed by atoms with Gasteiger partial charge in [0.1, 0.15) is 5.75 Å². The Morgan fingerprint density at radius 2 is 2.06 bits per heavy atom. The summed E-state index contributed by atoms with van der Waals surface area (Å²) in [6.45, 7) is 1.91. The Balaban J connectivity index is 2.26. The highest BCUT2D eigenvalue weighted by Gasteiger charge is 2.42. The fourth-order valence-electron chi connectivity index (χ4n) is 2.28. The minimum absolute atomic E-state index is 0.371. The predicted molar refractivity (Wildman–Crippen MR) is 67.2 cm³/mol. The van der Waals surface area contributed by atoms with Gasteiger partial charge in [-0.2, -0.15) is 0 Å². The van der Waals surface area contributed by atoms with Crippen LogP contribution in [0.4, 0.5) is 0 Å². The van der Waals surface area contributed by atoms with Gasteiger partial charge in [-0.15, -0.1) is 0 Å². The maximum atomic E-state index is 11.6. The lowest BCUT2D eigenvalue weighted by Gasteiger charge is -2.27. The second kappa shape index (κ2) is 4.57. The zero-order valence-corrected chi connectivity index (χ0v) is 10.6. The van der Waals surface area contributed by atoms with Crippen LogP contribution in [0.5, 0.6) is 5.75 Å². The molecule has 1 saturated carbocycles. The number of benzene rings is 1. The molecule has 0 unspecified atom stereocenters. The van der Waals surface area contributed by atoms with Gasteiger partial charge in [0.2, 0.25) is 0 Å². The van der Waals surface area contributed by atoms with Gasteiger partial charge < -0.3 is 10.5 Å². The van der Waals surface area contributed by atoms with Crippen molar-refractivity contribution in [3.8, 4) is 5.75 Å². The highest BCUT2D eigenvalue weighted by atomic mass is 35.5. The van der Waals surface area contributed by atoms with Gasteiger partial charge in [0, 0.05) is 5.02 Å². The number of hydrogen-bond acceptors (Lipinski definition) is 2. The van der Waals surface area contributed by atoms with Crippen LogP contribution in [0.3, 0.4) is 0 Å². The van der Waals surface area contributed by atoms with Crippen LogP contribution in [-0.4, -0.2) is 11.5 Å². The number of nitrogens with two attached hydrogens (primary N) is 1. The fourth-order valence-corrected chi connectivity index (χ4v) is 2.51. The molecule has 0 aromatic heterocycles. The normalized spacial score (nSPS) is 18.0. The van der Waals surface area contributed by atoms with Crippen LogP contribution in [0.2, 0.25) is 5.02 Å². The van der Waals surface area contributed by atoms with E-state index in [4.69, 9.17) is 22.1 Å². The van der Waals surface area contributed by atoms with E-state index in [1.807, 2.05) is 13.0 Å². The third kappa shape index (κ3) is 2.39. The van der Waals surface area contributed by atoms with Gasteiger partial charge in [0.15, 0.2) is 5.60 Å². The number of hydrogen-bond donors (Lipinski definition) is 1. The van der Waals surface area contributed by atoms with Crippen molar-refractivity contribution >= 4 is 17.5 Å². The molecule has 1 aromatic rings. The minimum atomic E-state index is -0.821. The summed E-state index contributed by atoms with van der Waals surface area (Å²) in [7, 11) is 0. The van der Waals surface area contributed by atoms with E-state index in [0.29, 0.717) is 23.6 Å². The predicted octanol–water partition coefficient (Wildman–Crippen LogP) is 2.83. The van der Waals surface area contributed by atoms with Crippen LogP contribution in [0.25, 0.3) is 0 Å². The highest BCUT2D eigenvalue weighted by Crippen LogP contribution is 2.35. The van der Waals surface area contributed by atoms with Crippen molar-refractivity contribution in [2.24, 2.45) is 5.73 Å². The largest absolute Gasteiger partial charge is 0.477 e. The van der Waals surface area contributed by atoms with Gasteiger partial charge in [-0.3, -0.25) is 4.79 Å². The summed E-state index contributed by atoms with van der Waals surface area (Å²) in [5.74, 6) is 0.319. The van der Waals surface area contributed by atoms with Crippen LogP contribution in [0.15, 0.2) is 18.2 Å². The second-order valence-electron chi connectivity index (χ2n) is 4.58. The molecule has 0 atom stereocenters. The molecule has 1 amide bonds. The number of carbonyl (C=O) groups excluding carboxylic acids is 1. The molecule has 4 heteroatoms. The first-order valence-electron chi connectivity index (χ1n) is 5.79. The minimum Gasteiger partial charge on any atom is -0.477 e. The van der Waals surface area contributed by atoms with E-state index in [0.717, 1.165) is 18.4 Å². The van der Waals surface area contributed by atoms with Crippen molar-refractivity contribution in [2.75, 3.05) is 0 Å². The van der Waals surface area contributed by atoms with Crippen LogP contribution >= 0.6 is 11.6 Å². The molecular formula is C13H16ClNO2. The molecule has 3 nitrogen and oxygen atoms in total. The van der Waals surface area contributed by atoms with Crippen LogP contribution < -0.4 is 10.5 Å². The average Bonchev–Trinajstić information content (AvgIpc) is 2.72. The van der Waals surface area contributed by atoms with Crippen molar-refractivity contribution in [1.29, 1.82) is 0 Å². The molecule has 0 spiro atoms. The zero-order valence-electron chi connectivity index (χ0n) is 9.83. The molecule has 0 bridgehead atoms. The van der Waals surface area contributed by atoms with E-state index >= 15 is 0 Å². The summed E-state index contributed by atoms with van der Waals surface area (Å²) in [4.78, 5) is 11.6. The summed E-state index contributed by atoms with van der Waals surface area (Å²) in [5.41, 5.74) is 5.57. The molecule has 2 rings (SSSR count). The van der Waals surface area contributed by atoms with Gasteiger partial charge in [-0.25, -0.2) is 0 Å². The molecule has 0 heterocycles. The van der Waals surface area contributed by atoms with Crippen molar-refractivity contribution in [1.82, 2.24) is 0 Å². The number of aryl methyl sites for hydroxylation is 1. The average molecular weight is 254 g/mol. The van der Waals surface area contributed by atoms with Gasteiger partial charge in [0.25, 0.3) is 5.91 Å². The Morgan fingerprint density at radius 1 is 1.41 bits per heavy atom. The molecule has 0 radical (unpaired) electrons. The molecule has 1 aromatic carbocycles. The molecule has 1 aliphatic rings. The van der Waals surface area contributed by atoms with E-state index in [1.54, 1.807) is 12.1 Å². The molecule has 2 N–H and O–H groups in total. The summed E-state index contributed by atoms with van der Waals surface area (Å²) in [6.07, 6.45) is 3.36. The van der Waals surface area contributed by atoms with E-state index in [1.165, 1.54) is 0 Å². The van der Waals surface area contributed by atoms with Gasteiger partial charge in [-0.1, -0.05) is 11.6 Å². The first kappa shape index (κ1) is 12.2. The summed E-state index contributed by atoms with van der Waals surface area (Å²) >= 11 is 5.88. The topological polar surface area (TPSA) is 52.3 Å². The second-order valence-corrected chi connectivity index (χ2v) is 5.01. The standard InChI is InChI=1S/C13H16ClNO2/c1-9-8-10(14)4-5-11(9)17-13(12(15)16)6-2-3-7-13/h4-5,8H,2-3,6-7H2,1H3,(H2,15,16). The SMILES string of the molecule is Cc1cc(Cl)ccc1OC1(C(N)=O)CCCC1. The number of primary amides is 1. The first-order valence-corrected chi connectivity index (χ1v) is 6.16. The van der Waals surface area contributed by atoms with Crippen molar-refractivity contribution < 1.29 is 9.53 Å². The highest BCUT2D eigenvalue weighted by molar-refractivity contribution is 6.30. The maximum absolute atomic E-state index is 11.6. The molecular weight excluding hydrogens is 238 g/mol. The lowest BCUT2D eigenvalue weighted by molar-refractivity contribution is -0.133. The molecule has 0 saturated heterocycles. The molecule has 0 aliphatic heterocycles. The molecule has 1 fully saturated rings. The van der Waals surface area contributed by atoms with Gasteiger partial charge in [-0.05, 0) is 56.4 Å². The molecule has 1 aliphatic carbocycles. The molecule has 17 heavy (non-hydrogen) atoms. The Kier molecular flexibility index (Phi) is 3.29. The van der Waals surface area contributed by atoms with Crippen LogP contribution in [0.1, 0.15) is 31.2 Å². The van der Waals surface area contributed by atoms with Crippen LogP contribution in [0, 0.1) is 6.92 Å². The van der Waals surface area contributed by atoms with Crippen molar-refractivity contribution in [3.05, 3.63) is 28.8 Å². The smallest absolute Gasteiger partial charge is 0.261 e. The quantitative estimate of drug-likeness (QED) is 0.901. The number of rotatable bonds is 3. The maximum Gasteiger partial charge on any atom is 0.261 e. The van der Waals surface area contributed by atoms with E-state index in [9.17, 15) is 4.79 Å². The van der Waals surface area contributed by atoms with Gasteiger partial charge in [0.05, 0.1) is 0 Å². The number of halogens is 1. The van der Waals surface area contributed by atoms with Crippen molar-refractivity contribution in [3.63, 3.8) is 0 Å². The Morgan fingerprint density at radius 3 is 2.59 bits per heavy atom. The zero-order chi connectivity index (χ0) is 12.5. The van der Waals surface area contributed by atoms with E-state index < -0.39 is 5.60 Å². The van der Waals surface area contributed by atoms with Gasteiger partial charge >= 0.3 is 0 Å². The van der Waals surface area contributed by atoms with Crippen LogP contribution in [-0.2, 0) is 4.79 Å². The molecule has 92 valence electrons. The fraction of sp³-hybridized carbons (Fsp3) is 0.462. The third-order valence-corrected chi connectivity index (χ3v) is 3.54. The number of carbonyl (C=O) groups is 1.